The van der Waals surface area contributed by atoms with Gasteiger partial charge in [0.2, 0.25) is 0 Å². The lowest BCUT2D eigenvalue weighted by Gasteiger charge is -2.07. The second kappa shape index (κ2) is 4.80. The maximum Gasteiger partial charge on any atom is 0.130 e. The Morgan fingerprint density at radius 1 is 1.44 bits per heavy atom. The number of aliphatic hydroxyl groups excluding tert-OH is 1. The van der Waals surface area contributed by atoms with Crippen molar-refractivity contribution in [3.8, 4) is 5.75 Å². The number of rotatable bonds is 4. The van der Waals surface area contributed by atoms with Crippen LogP contribution < -0.4 is 10.5 Å². The Morgan fingerprint density at radius 2 is 2.25 bits per heavy atom. The lowest BCUT2D eigenvalue weighted by molar-refractivity contribution is 0.232. The van der Waals surface area contributed by atoms with Crippen LogP contribution in [0, 0.1) is 11.7 Å². The summed E-state index contributed by atoms with van der Waals surface area (Å²) in [6, 6.07) is 3.25. The van der Waals surface area contributed by atoms with Gasteiger partial charge in [0.15, 0.2) is 0 Å². The van der Waals surface area contributed by atoms with Gasteiger partial charge < -0.3 is 15.6 Å². The SMILES string of the molecule is NCCOc1cc(F)c2c(c1)CC(CO)C2. The molecule has 2 rings (SSSR count). The van der Waals surface area contributed by atoms with Crippen LogP contribution in [0.5, 0.6) is 5.75 Å². The van der Waals surface area contributed by atoms with E-state index in [9.17, 15) is 4.39 Å². The first-order valence-corrected chi connectivity index (χ1v) is 5.49. The maximum atomic E-state index is 13.7. The fraction of sp³-hybridized carbons (Fsp3) is 0.500. The zero-order valence-electron chi connectivity index (χ0n) is 9.08. The molecule has 1 aliphatic carbocycles. The number of aliphatic hydroxyl groups is 1. The molecule has 88 valence electrons. The van der Waals surface area contributed by atoms with Gasteiger partial charge in [-0.1, -0.05) is 0 Å². The first-order valence-electron chi connectivity index (χ1n) is 5.49. The molecule has 1 aliphatic rings. The largest absolute Gasteiger partial charge is 0.492 e. The molecule has 1 atom stereocenters. The van der Waals surface area contributed by atoms with Crippen LogP contribution in [0.1, 0.15) is 11.1 Å². The molecule has 0 bridgehead atoms. The van der Waals surface area contributed by atoms with E-state index in [0.717, 1.165) is 17.5 Å². The molecule has 0 heterocycles. The molecule has 0 saturated carbocycles. The van der Waals surface area contributed by atoms with Crippen LogP contribution in [0.15, 0.2) is 12.1 Å². The topological polar surface area (TPSA) is 55.5 Å². The number of ether oxygens (including phenoxy) is 1. The van der Waals surface area contributed by atoms with E-state index in [0.29, 0.717) is 25.3 Å². The molecular formula is C12H16FNO2. The molecule has 0 radical (unpaired) electrons. The minimum atomic E-state index is -0.236. The lowest BCUT2D eigenvalue weighted by Crippen LogP contribution is -2.10. The highest BCUT2D eigenvalue weighted by Gasteiger charge is 2.24. The summed E-state index contributed by atoms with van der Waals surface area (Å²) >= 11 is 0. The molecule has 0 saturated heterocycles. The second-order valence-electron chi connectivity index (χ2n) is 4.14. The Kier molecular flexibility index (Phi) is 3.41. The number of nitrogens with two attached hydrogens (primary N) is 1. The van der Waals surface area contributed by atoms with Gasteiger partial charge >= 0.3 is 0 Å². The fourth-order valence-corrected chi connectivity index (χ4v) is 2.14. The summed E-state index contributed by atoms with van der Waals surface area (Å²) in [5, 5.41) is 9.07. The third-order valence-corrected chi connectivity index (χ3v) is 2.91. The first kappa shape index (κ1) is 11.4. The van der Waals surface area contributed by atoms with Gasteiger partial charge in [-0.2, -0.15) is 0 Å². The maximum absolute atomic E-state index is 13.7. The molecule has 1 aromatic rings. The van der Waals surface area contributed by atoms with Crippen molar-refractivity contribution in [1.29, 1.82) is 0 Å². The number of hydrogen-bond acceptors (Lipinski definition) is 3. The number of benzene rings is 1. The van der Waals surface area contributed by atoms with E-state index >= 15 is 0 Å². The van der Waals surface area contributed by atoms with Crippen molar-refractivity contribution in [3.05, 3.63) is 29.1 Å². The van der Waals surface area contributed by atoms with Gasteiger partial charge in [-0.3, -0.25) is 0 Å². The Labute approximate surface area is 94.0 Å². The highest BCUT2D eigenvalue weighted by atomic mass is 19.1. The monoisotopic (exact) mass is 225 g/mol. The Hall–Kier alpha value is -1.13. The van der Waals surface area contributed by atoms with Crippen LogP contribution >= 0.6 is 0 Å². The van der Waals surface area contributed by atoms with E-state index in [2.05, 4.69) is 0 Å². The summed E-state index contributed by atoms with van der Waals surface area (Å²) in [6.45, 7) is 0.909. The minimum absolute atomic E-state index is 0.104. The standard InChI is InChI=1S/C12H16FNO2/c13-12-6-10(16-2-1-14)5-9-3-8(7-15)4-11(9)12/h5-6,8,15H,1-4,7,14H2. The Bertz CT molecular complexity index is 382. The summed E-state index contributed by atoms with van der Waals surface area (Å²) in [6.07, 6.45) is 1.34. The zero-order chi connectivity index (χ0) is 11.5. The molecule has 4 heteroatoms. The first-order chi connectivity index (χ1) is 7.74. The normalized spacial score (nSPS) is 18.6. The summed E-state index contributed by atoms with van der Waals surface area (Å²) in [5.74, 6) is 0.440. The van der Waals surface area contributed by atoms with Gasteiger partial charge in [-0.15, -0.1) is 0 Å². The van der Waals surface area contributed by atoms with Crippen molar-refractivity contribution in [2.45, 2.75) is 12.8 Å². The van der Waals surface area contributed by atoms with Crippen LogP contribution in [-0.4, -0.2) is 24.9 Å². The summed E-state index contributed by atoms with van der Waals surface area (Å²) in [4.78, 5) is 0. The highest BCUT2D eigenvalue weighted by molar-refractivity contribution is 5.40. The van der Waals surface area contributed by atoms with Crippen molar-refractivity contribution in [2.24, 2.45) is 11.7 Å². The van der Waals surface area contributed by atoms with Crippen LogP contribution in [0.25, 0.3) is 0 Å². The van der Waals surface area contributed by atoms with Gasteiger partial charge in [-0.25, -0.2) is 4.39 Å². The number of fused-ring (bicyclic) bond motifs is 1. The average molecular weight is 225 g/mol. The van der Waals surface area contributed by atoms with Gasteiger partial charge in [-0.05, 0) is 36.0 Å². The summed E-state index contributed by atoms with van der Waals surface area (Å²) in [7, 11) is 0. The molecular weight excluding hydrogens is 209 g/mol. The Balaban J connectivity index is 2.20. The van der Waals surface area contributed by atoms with E-state index in [4.69, 9.17) is 15.6 Å². The van der Waals surface area contributed by atoms with Crippen LogP contribution in [0.4, 0.5) is 4.39 Å². The van der Waals surface area contributed by atoms with Crippen molar-refractivity contribution in [1.82, 2.24) is 0 Å². The molecule has 1 unspecified atom stereocenters. The average Bonchev–Trinajstić information content (AvgIpc) is 2.70. The van der Waals surface area contributed by atoms with Crippen molar-refractivity contribution >= 4 is 0 Å². The molecule has 0 aromatic heterocycles. The Morgan fingerprint density at radius 3 is 2.94 bits per heavy atom. The van der Waals surface area contributed by atoms with Crippen molar-refractivity contribution < 1.29 is 14.2 Å². The second-order valence-corrected chi connectivity index (χ2v) is 4.14. The zero-order valence-corrected chi connectivity index (χ0v) is 9.08. The third kappa shape index (κ3) is 2.18. The fourth-order valence-electron chi connectivity index (χ4n) is 2.14. The van der Waals surface area contributed by atoms with E-state index < -0.39 is 0 Å². The van der Waals surface area contributed by atoms with Gasteiger partial charge in [0.25, 0.3) is 0 Å². The highest BCUT2D eigenvalue weighted by Crippen LogP contribution is 2.32. The number of hydrogen-bond donors (Lipinski definition) is 2. The quantitative estimate of drug-likeness (QED) is 0.799. The molecule has 3 nitrogen and oxygen atoms in total. The number of halogens is 1. The summed E-state index contributed by atoms with van der Waals surface area (Å²) < 4.78 is 19.0. The smallest absolute Gasteiger partial charge is 0.130 e. The van der Waals surface area contributed by atoms with Crippen molar-refractivity contribution in [3.63, 3.8) is 0 Å². The molecule has 0 amide bonds. The molecule has 3 N–H and O–H groups in total. The van der Waals surface area contributed by atoms with E-state index in [1.54, 1.807) is 0 Å². The molecule has 1 aromatic carbocycles. The van der Waals surface area contributed by atoms with Crippen LogP contribution in [0.2, 0.25) is 0 Å². The third-order valence-electron chi connectivity index (χ3n) is 2.91. The van der Waals surface area contributed by atoms with Crippen molar-refractivity contribution in [2.75, 3.05) is 19.8 Å². The lowest BCUT2D eigenvalue weighted by atomic mass is 10.1. The predicted octanol–water partition coefficient (Wildman–Crippen LogP) is 0.870. The molecule has 0 fully saturated rings. The molecule has 0 spiro atoms. The van der Waals surface area contributed by atoms with Gasteiger partial charge in [0.1, 0.15) is 18.2 Å². The summed E-state index contributed by atoms with van der Waals surface area (Å²) in [5.41, 5.74) is 6.99. The predicted molar refractivity (Wildman–Crippen MR) is 58.9 cm³/mol. The van der Waals surface area contributed by atoms with E-state index in [1.807, 2.05) is 6.07 Å². The molecule has 16 heavy (non-hydrogen) atoms. The minimum Gasteiger partial charge on any atom is -0.492 e. The van der Waals surface area contributed by atoms with Gasteiger partial charge in [0, 0.05) is 19.2 Å². The van der Waals surface area contributed by atoms with Crippen LogP contribution in [0.3, 0.4) is 0 Å². The van der Waals surface area contributed by atoms with E-state index in [1.165, 1.54) is 6.07 Å². The van der Waals surface area contributed by atoms with Crippen LogP contribution in [-0.2, 0) is 12.8 Å². The van der Waals surface area contributed by atoms with Gasteiger partial charge in [0.05, 0.1) is 0 Å². The van der Waals surface area contributed by atoms with E-state index in [-0.39, 0.29) is 18.3 Å². The molecule has 0 aliphatic heterocycles.